The molecule has 1 aromatic heterocycles. The van der Waals surface area contributed by atoms with Gasteiger partial charge in [-0.05, 0) is 69.5 Å². The van der Waals surface area contributed by atoms with Crippen LogP contribution in [0.1, 0.15) is 18.9 Å². The second-order valence-electron chi connectivity index (χ2n) is 11.4. The number of hydrogen-bond donors (Lipinski definition) is 0. The molecule has 1 unspecified atom stereocenters. The molecule has 0 saturated carbocycles. The molecule has 0 aliphatic carbocycles. The predicted octanol–water partition coefficient (Wildman–Crippen LogP) is 10.8. The zero-order valence-electron chi connectivity index (χ0n) is 25.2. The quantitative estimate of drug-likeness (QED) is 0.197. The first kappa shape index (κ1) is 28.1. The highest BCUT2D eigenvalue weighted by molar-refractivity contribution is 6.10. The fourth-order valence-corrected chi connectivity index (χ4v) is 5.81. The number of aromatic nitrogens is 2. The number of nitrogens with zero attached hydrogens (tertiary/aromatic N) is 3. The van der Waals surface area contributed by atoms with E-state index in [2.05, 4.69) is 145 Å². The van der Waals surface area contributed by atoms with Gasteiger partial charge >= 0.3 is 0 Å². The molecular formula is C42H33N3. The van der Waals surface area contributed by atoms with Crippen molar-refractivity contribution >= 4 is 11.8 Å². The van der Waals surface area contributed by atoms with Gasteiger partial charge in [0.1, 0.15) is 0 Å². The molecule has 3 nitrogen and oxygen atoms in total. The predicted molar refractivity (Wildman–Crippen MR) is 189 cm³/mol. The van der Waals surface area contributed by atoms with E-state index in [4.69, 9.17) is 9.97 Å². The smallest absolute Gasteiger partial charge is 0.159 e. The molecular weight excluding hydrogens is 546 g/mol. The highest BCUT2D eigenvalue weighted by Gasteiger charge is 2.16. The van der Waals surface area contributed by atoms with Crippen LogP contribution in [0.2, 0.25) is 0 Å². The Bertz CT molecular complexity index is 2040. The van der Waals surface area contributed by atoms with Crippen molar-refractivity contribution in [2.45, 2.75) is 13.3 Å². The fraction of sp³-hybridized carbons (Fsp3) is 0.0714. The lowest BCUT2D eigenvalue weighted by molar-refractivity contribution is 0.745. The number of rotatable bonds is 6. The minimum absolute atomic E-state index is 0.422. The van der Waals surface area contributed by atoms with Crippen LogP contribution in [0.25, 0.3) is 61.6 Å². The van der Waals surface area contributed by atoms with E-state index in [1.54, 1.807) is 0 Å². The molecule has 7 rings (SSSR count). The third-order valence-electron chi connectivity index (χ3n) is 8.14. The molecule has 0 spiro atoms. The van der Waals surface area contributed by atoms with E-state index < -0.39 is 0 Å². The van der Waals surface area contributed by atoms with Gasteiger partial charge in [0.15, 0.2) is 5.82 Å². The van der Waals surface area contributed by atoms with Crippen LogP contribution in [-0.2, 0) is 0 Å². The summed E-state index contributed by atoms with van der Waals surface area (Å²) in [6, 6.07) is 46.7. The van der Waals surface area contributed by atoms with Crippen molar-refractivity contribution in [1.82, 2.24) is 9.97 Å². The van der Waals surface area contributed by atoms with Crippen molar-refractivity contribution in [2.75, 3.05) is 0 Å². The maximum Gasteiger partial charge on any atom is 0.159 e. The standard InChI is InChI=1S/C42H33N3/c1-30-12-11-23-43-28-39(24-30)35-19-9-21-37(26-35)41-40(36-20-8-17-33(25-36)31-13-4-2-5-14-31)29-44-42(45-41)38-22-10-18-34(27-38)32-15-6-3-7-16-32/h2-11,13-30H,12H2,1H3. The largest absolute Gasteiger partial charge is 0.264 e. The van der Waals surface area contributed by atoms with E-state index in [0.29, 0.717) is 11.7 Å². The zero-order valence-corrected chi connectivity index (χ0v) is 25.2. The molecule has 45 heavy (non-hydrogen) atoms. The molecule has 1 aliphatic heterocycles. The van der Waals surface area contributed by atoms with E-state index in [9.17, 15) is 0 Å². The van der Waals surface area contributed by atoms with Crippen LogP contribution in [0.4, 0.5) is 0 Å². The van der Waals surface area contributed by atoms with Gasteiger partial charge in [-0.15, -0.1) is 0 Å². The Morgan fingerprint density at radius 3 is 1.82 bits per heavy atom. The van der Waals surface area contributed by atoms with Crippen molar-refractivity contribution < 1.29 is 0 Å². The fourth-order valence-electron chi connectivity index (χ4n) is 5.81. The molecule has 216 valence electrons. The van der Waals surface area contributed by atoms with Gasteiger partial charge in [-0.2, -0.15) is 0 Å². The van der Waals surface area contributed by atoms with Gasteiger partial charge in [0.2, 0.25) is 0 Å². The molecule has 1 atom stereocenters. The Balaban J connectivity index is 1.37. The average Bonchev–Trinajstić information content (AvgIpc) is 3.10. The monoisotopic (exact) mass is 579 g/mol. The summed E-state index contributed by atoms with van der Waals surface area (Å²) >= 11 is 0. The molecule has 0 fully saturated rings. The van der Waals surface area contributed by atoms with E-state index in [0.717, 1.165) is 56.6 Å². The van der Waals surface area contributed by atoms with Gasteiger partial charge in [-0.3, -0.25) is 4.99 Å². The second-order valence-corrected chi connectivity index (χ2v) is 11.4. The van der Waals surface area contributed by atoms with Crippen molar-refractivity contribution in [1.29, 1.82) is 0 Å². The molecule has 1 aliphatic rings. The normalized spacial score (nSPS) is 14.4. The van der Waals surface area contributed by atoms with Crippen LogP contribution < -0.4 is 0 Å². The van der Waals surface area contributed by atoms with Crippen molar-refractivity contribution in [3.05, 3.63) is 164 Å². The van der Waals surface area contributed by atoms with Gasteiger partial charge in [0.05, 0.1) is 5.69 Å². The van der Waals surface area contributed by atoms with Gasteiger partial charge < -0.3 is 0 Å². The second kappa shape index (κ2) is 12.9. The SMILES string of the molecule is CC1C=C(c2cccc(-c3nc(-c4cccc(-c5ccccc5)c4)ncc3-c3cccc(-c4ccccc4)c3)c2)C=NC=CC1. The number of aliphatic imine (C=N–C) groups is 1. The first-order chi connectivity index (χ1) is 22.2. The Kier molecular flexibility index (Phi) is 8.07. The molecule has 2 heterocycles. The van der Waals surface area contributed by atoms with Gasteiger partial charge in [0, 0.05) is 35.3 Å². The summed E-state index contributed by atoms with van der Waals surface area (Å²) < 4.78 is 0. The van der Waals surface area contributed by atoms with E-state index in [1.165, 1.54) is 11.1 Å². The lowest BCUT2D eigenvalue weighted by Gasteiger charge is -2.14. The molecule has 0 saturated heterocycles. The van der Waals surface area contributed by atoms with Crippen LogP contribution in [0.3, 0.4) is 0 Å². The Morgan fingerprint density at radius 1 is 0.556 bits per heavy atom. The van der Waals surface area contributed by atoms with Crippen molar-refractivity contribution in [2.24, 2.45) is 10.9 Å². The van der Waals surface area contributed by atoms with E-state index >= 15 is 0 Å². The Morgan fingerprint density at radius 2 is 1.11 bits per heavy atom. The number of benzene rings is 5. The van der Waals surface area contributed by atoms with E-state index in [1.807, 2.05) is 30.7 Å². The maximum absolute atomic E-state index is 5.29. The third kappa shape index (κ3) is 6.34. The lowest BCUT2D eigenvalue weighted by atomic mass is 9.94. The minimum atomic E-state index is 0.422. The molecule has 0 bridgehead atoms. The summed E-state index contributed by atoms with van der Waals surface area (Å²) in [4.78, 5) is 14.7. The summed E-state index contributed by atoms with van der Waals surface area (Å²) in [5.74, 6) is 1.12. The van der Waals surface area contributed by atoms with Crippen LogP contribution in [0, 0.1) is 5.92 Å². The van der Waals surface area contributed by atoms with Crippen LogP contribution in [-0.4, -0.2) is 16.2 Å². The topological polar surface area (TPSA) is 38.1 Å². The van der Waals surface area contributed by atoms with Crippen LogP contribution in [0.15, 0.2) is 163 Å². The minimum Gasteiger partial charge on any atom is -0.264 e. The lowest BCUT2D eigenvalue weighted by Crippen LogP contribution is -1.98. The first-order valence-electron chi connectivity index (χ1n) is 15.4. The average molecular weight is 580 g/mol. The highest BCUT2D eigenvalue weighted by Crippen LogP contribution is 2.36. The van der Waals surface area contributed by atoms with Crippen LogP contribution in [0.5, 0.6) is 0 Å². The van der Waals surface area contributed by atoms with Gasteiger partial charge in [0.25, 0.3) is 0 Å². The summed E-state index contributed by atoms with van der Waals surface area (Å²) in [5.41, 5.74) is 11.9. The summed E-state index contributed by atoms with van der Waals surface area (Å²) in [5, 5.41) is 0. The van der Waals surface area contributed by atoms with E-state index in [-0.39, 0.29) is 0 Å². The van der Waals surface area contributed by atoms with Crippen molar-refractivity contribution in [3.8, 4) is 56.0 Å². The number of hydrogen-bond acceptors (Lipinski definition) is 3. The molecule has 0 amide bonds. The van der Waals surface area contributed by atoms with Crippen molar-refractivity contribution in [3.63, 3.8) is 0 Å². The van der Waals surface area contributed by atoms with Crippen LogP contribution >= 0.6 is 0 Å². The summed E-state index contributed by atoms with van der Waals surface area (Å²) in [6.07, 6.45) is 11.2. The molecule has 0 N–H and O–H groups in total. The Hall–Kier alpha value is -5.67. The molecule has 5 aromatic carbocycles. The molecule has 0 radical (unpaired) electrons. The summed E-state index contributed by atoms with van der Waals surface area (Å²) in [6.45, 7) is 2.24. The zero-order chi connectivity index (χ0) is 30.4. The molecule has 3 heteroatoms. The highest BCUT2D eigenvalue weighted by atomic mass is 14.9. The maximum atomic E-state index is 5.29. The van der Waals surface area contributed by atoms with Gasteiger partial charge in [-0.1, -0.05) is 134 Å². The number of allylic oxidation sites excluding steroid dienone is 3. The first-order valence-corrected chi connectivity index (χ1v) is 15.4. The molecule has 6 aromatic rings. The summed E-state index contributed by atoms with van der Waals surface area (Å²) in [7, 11) is 0. The Labute approximate surface area is 265 Å². The third-order valence-corrected chi connectivity index (χ3v) is 8.14. The van der Waals surface area contributed by atoms with Gasteiger partial charge in [-0.25, -0.2) is 9.97 Å².